The van der Waals surface area contributed by atoms with E-state index in [2.05, 4.69) is 56.0 Å². The number of tetrazole rings is 1. The lowest BCUT2D eigenvalue weighted by Crippen LogP contribution is -2.35. The number of carbonyl (C=O) groups excluding carboxylic acids is 1. The Balaban J connectivity index is 1.20. The normalized spacial score (nSPS) is 14.0. The number of nitrogens with one attached hydrogen (secondary N) is 1. The fourth-order valence-corrected chi connectivity index (χ4v) is 5.70. The molecule has 0 saturated heterocycles. The van der Waals surface area contributed by atoms with Crippen LogP contribution in [0.15, 0.2) is 89.5 Å². The fourth-order valence-electron chi connectivity index (χ4n) is 5.70. The molecule has 42 heavy (non-hydrogen) atoms. The van der Waals surface area contributed by atoms with Crippen molar-refractivity contribution in [1.29, 1.82) is 0 Å². The Labute approximate surface area is 242 Å². The van der Waals surface area contributed by atoms with Crippen molar-refractivity contribution in [2.45, 2.75) is 25.9 Å². The zero-order valence-corrected chi connectivity index (χ0v) is 23.2. The number of nitrogens with zero attached hydrogens (tertiary/aromatic N) is 7. The molecular formula is C32H28N8O2. The molecule has 0 bridgehead atoms. The molecule has 1 amide bonds. The van der Waals surface area contributed by atoms with Gasteiger partial charge in [0.1, 0.15) is 5.52 Å². The van der Waals surface area contributed by atoms with Crippen LogP contribution >= 0.6 is 0 Å². The van der Waals surface area contributed by atoms with Gasteiger partial charge in [-0.15, -0.1) is 10.2 Å². The van der Waals surface area contributed by atoms with Gasteiger partial charge in [-0.1, -0.05) is 48.5 Å². The number of hydrogen-bond acceptors (Lipinski definition) is 8. The molecule has 1 N–H and O–H groups in total. The summed E-state index contributed by atoms with van der Waals surface area (Å²) >= 11 is 0. The Bertz CT molecular complexity index is 1910. The standard InChI is InChI=1S/C32H28N8O2/c1-20(41)34-24-11-12-29-28(18-24)35-32(42-29)22-13-15-33-27(17-22)26-10-6-9-23-19-40(16-14-25(23)26)30(21-7-4-3-5-8-21)31-36-38-39(2)37-31/h3-13,15,17-18,30H,14,16,19H2,1-2H3,(H,34,41). The highest BCUT2D eigenvalue weighted by atomic mass is 16.3. The second kappa shape index (κ2) is 10.6. The Hall–Kier alpha value is -5.22. The molecule has 208 valence electrons. The van der Waals surface area contributed by atoms with Crippen molar-refractivity contribution in [3.05, 3.63) is 108 Å². The minimum atomic E-state index is -0.132. The lowest BCUT2D eigenvalue weighted by molar-refractivity contribution is -0.114. The Kier molecular flexibility index (Phi) is 6.52. The van der Waals surface area contributed by atoms with Gasteiger partial charge in [-0.25, -0.2) is 4.98 Å². The van der Waals surface area contributed by atoms with Gasteiger partial charge in [-0.05, 0) is 58.7 Å². The van der Waals surface area contributed by atoms with Crippen molar-refractivity contribution < 1.29 is 9.21 Å². The summed E-state index contributed by atoms with van der Waals surface area (Å²) in [5.41, 5.74) is 8.50. The summed E-state index contributed by atoms with van der Waals surface area (Å²) in [6.07, 6.45) is 2.65. The number of rotatable bonds is 6. The molecule has 0 radical (unpaired) electrons. The summed E-state index contributed by atoms with van der Waals surface area (Å²) in [6, 6.07) is 26.0. The van der Waals surface area contributed by atoms with Gasteiger partial charge in [0, 0.05) is 43.0 Å². The first-order chi connectivity index (χ1) is 20.5. The average Bonchev–Trinajstić information content (AvgIpc) is 3.63. The first-order valence-corrected chi connectivity index (χ1v) is 13.8. The van der Waals surface area contributed by atoms with Crippen molar-refractivity contribution in [1.82, 2.24) is 35.1 Å². The average molecular weight is 557 g/mol. The molecule has 0 aliphatic carbocycles. The molecule has 10 heteroatoms. The van der Waals surface area contributed by atoms with E-state index in [1.807, 2.05) is 42.5 Å². The van der Waals surface area contributed by atoms with E-state index in [1.165, 1.54) is 22.8 Å². The summed E-state index contributed by atoms with van der Waals surface area (Å²) in [4.78, 5) is 24.8. The van der Waals surface area contributed by atoms with Crippen LogP contribution in [0.4, 0.5) is 5.69 Å². The molecule has 1 aliphatic rings. The smallest absolute Gasteiger partial charge is 0.227 e. The molecule has 10 nitrogen and oxygen atoms in total. The summed E-state index contributed by atoms with van der Waals surface area (Å²) in [5, 5.41) is 15.8. The number of aromatic nitrogens is 6. The third kappa shape index (κ3) is 4.92. The van der Waals surface area contributed by atoms with Gasteiger partial charge in [0.25, 0.3) is 0 Å². The number of fused-ring (bicyclic) bond motifs is 2. The highest BCUT2D eigenvalue weighted by molar-refractivity contribution is 5.91. The van der Waals surface area contributed by atoms with Crippen LogP contribution in [0.3, 0.4) is 0 Å². The Morgan fingerprint density at radius 2 is 1.90 bits per heavy atom. The van der Waals surface area contributed by atoms with Crippen LogP contribution in [0.2, 0.25) is 0 Å². The molecule has 4 heterocycles. The maximum atomic E-state index is 11.5. The first kappa shape index (κ1) is 25.7. The van der Waals surface area contributed by atoms with Gasteiger partial charge >= 0.3 is 0 Å². The number of oxazole rings is 1. The lowest BCUT2D eigenvalue weighted by Gasteiger charge is -2.35. The zero-order chi connectivity index (χ0) is 28.6. The monoisotopic (exact) mass is 556 g/mol. The number of carbonyl (C=O) groups is 1. The molecule has 3 aromatic carbocycles. The van der Waals surface area contributed by atoms with E-state index in [0.717, 1.165) is 41.9 Å². The first-order valence-electron chi connectivity index (χ1n) is 13.8. The number of pyridine rings is 1. The summed E-state index contributed by atoms with van der Waals surface area (Å²) in [5.74, 6) is 1.07. The van der Waals surface area contributed by atoms with Gasteiger partial charge in [-0.3, -0.25) is 14.7 Å². The molecule has 0 spiro atoms. The van der Waals surface area contributed by atoms with Gasteiger partial charge in [0.05, 0.1) is 18.8 Å². The fraction of sp³-hybridized carbons (Fsp3) is 0.188. The van der Waals surface area contributed by atoms with E-state index < -0.39 is 0 Å². The predicted octanol–water partition coefficient (Wildman–Crippen LogP) is 5.19. The lowest BCUT2D eigenvalue weighted by atomic mass is 9.90. The number of benzene rings is 3. The summed E-state index contributed by atoms with van der Waals surface area (Å²) in [7, 11) is 1.79. The van der Waals surface area contributed by atoms with Crippen molar-refractivity contribution in [2.24, 2.45) is 7.05 Å². The molecule has 7 rings (SSSR count). The van der Waals surface area contributed by atoms with Crippen LogP contribution in [0.5, 0.6) is 0 Å². The number of aryl methyl sites for hydroxylation is 1. The maximum absolute atomic E-state index is 11.5. The third-order valence-electron chi connectivity index (χ3n) is 7.54. The van der Waals surface area contributed by atoms with Crippen LogP contribution in [0.1, 0.15) is 35.5 Å². The van der Waals surface area contributed by atoms with Crippen LogP contribution in [0, 0.1) is 0 Å². The second-order valence-electron chi connectivity index (χ2n) is 10.4. The summed E-state index contributed by atoms with van der Waals surface area (Å²) in [6.45, 7) is 3.07. The van der Waals surface area contributed by atoms with E-state index in [1.54, 1.807) is 19.3 Å². The van der Waals surface area contributed by atoms with Crippen molar-refractivity contribution in [3.8, 4) is 22.7 Å². The van der Waals surface area contributed by atoms with Crippen molar-refractivity contribution in [2.75, 3.05) is 11.9 Å². The largest absolute Gasteiger partial charge is 0.436 e. The van der Waals surface area contributed by atoms with E-state index in [-0.39, 0.29) is 11.9 Å². The van der Waals surface area contributed by atoms with E-state index in [4.69, 9.17) is 14.4 Å². The molecule has 0 fully saturated rings. The number of hydrogen-bond donors (Lipinski definition) is 1. The molecule has 1 aliphatic heterocycles. The molecule has 6 aromatic rings. The van der Waals surface area contributed by atoms with Gasteiger partial charge in [-0.2, -0.15) is 4.80 Å². The molecule has 1 unspecified atom stereocenters. The minimum Gasteiger partial charge on any atom is -0.436 e. The van der Waals surface area contributed by atoms with Gasteiger partial charge in [0.15, 0.2) is 11.4 Å². The zero-order valence-electron chi connectivity index (χ0n) is 23.2. The highest BCUT2D eigenvalue weighted by Crippen LogP contribution is 2.36. The second-order valence-corrected chi connectivity index (χ2v) is 10.4. The van der Waals surface area contributed by atoms with Gasteiger partial charge < -0.3 is 9.73 Å². The van der Waals surface area contributed by atoms with Crippen LogP contribution in [-0.4, -0.2) is 47.5 Å². The van der Waals surface area contributed by atoms with E-state index in [9.17, 15) is 4.79 Å². The van der Waals surface area contributed by atoms with Gasteiger partial charge in [0.2, 0.25) is 11.8 Å². The number of anilines is 1. The predicted molar refractivity (Wildman–Crippen MR) is 158 cm³/mol. The molecular weight excluding hydrogens is 528 g/mol. The Morgan fingerprint density at radius 3 is 2.71 bits per heavy atom. The van der Waals surface area contributed by atoms with E-state index >= 15 is 0 Å². The third-order valence-corrected chi connectivity index (χ3v) is 7.54. The Morgan fingerprint density at radius 1 is 1.02 bits per heavy atom. The minimum absolute atomic E-state index is 0.0940. The van der Waals surface area contributed by atoms with Crippen LogP contribution < -0.4 is 5.32 Å². The quantitative estimate of drug-likeness (QED) is 0.298. The van der Waals surface area contributed by atoms with Crippen LogP contribution in [-0.2, 0) is 24.8 Å². The molecule has 3 aromatic heterocycles. The van der Waals surface area contributed by atoms with Crippen molar-refractivity contribution >= 4 is 22.7 Å². The number of amides is 1. The van der Waals surface area contributed by atoms with Crippen LogP contribution in [0.25, 0.3) is 33.8 Å². The molecule has 1 atom stereocenters. The maximum Gasteiger partial charge on any atom is 0.227 e. The summed E-state index contributed by atoms with van der Waals surface area (Å²) < 4.78 is 6.07. The van der Waals surface area contributed by atoms with Crippen molar-refractivity contribution in [3.63, 3.8) is 0 Å². The molecule has 0 saturated carbocycles. The highest BCUT2D eigenvalue weighted by Gasteiger charge is 2.30. The SMILES string of the molecule is CC(=O)Nc1ccc2oc(-c3ccnc(-c4cccc5c4CCN(C(c4ccccc4)c4nnn(C)n4)C5)c3)nc2c1. The van der Waals surface area contributed by atoms with E-state index in [0.29, 0.717) is 28.5 Å². The topological polar surface area (TPSA) is 115 Å².